The quantitative estimate of drug-likeness (QED) is 0.700. The van der Waals surface area contributed by atoms with Gasteiger partial charge >= 0.3 is 5.97 Å². The highest BCUT2D eigenvalue weighted by Gasteiger charge is 2.30. The number of carbonyl (C=O) groups is 1. The monoisotopic (exact) mass is 375 g/mol. The summed E-state index contributed by atoms with van der Waals surface area (Å²) in [5, 5.41) is 11.8. The third kappa shape index (κ3) is 3.73. The standard InChI is InChI=1S/C24H25NO3/c1-28-22-10-8-18(9-11-22)23(25-14-12-19(13-15-25)24(26)27)21-7-6-17-4-2-3-5-20(17)16-21/h2-11,16,19,23H,12-15H2,1H3,(H,26,27). The summed E-state index contributed by atoms with van der Waals surface area (Å²) in [4.78, 5) is 13.8. The Morgan fingerprint density at radius 1 is 0.964 bits per heavy atom. The first-order valence-corrected chi connectivity index (χ1v) is 9.75. The van der Waals surface area contributed by atoms with Crippen molar-refractivity contribution < 1.29 is 14.6 Å². The molecule has 3 aromatic rings. The molecule has 1 aliphatic heterocycles. The fraction of sp³-hybridized carbons (Fsp3) is 0.292. The van der Waals surface area contributed by atoms with Crippen LogP contribution in [0.25, 0.3) is 10.8 Å². The Hall–Kier alpha value is -2.85. The van der Waals surface area contributed by atoms with Crippen LogP contribution in [0.2, 0.25) is 0 Å². The number of likely N-dealkylation sites (tertiary alicyclic amines) is 1. The number of ether oxygens (including phenoxy) is 1. The van der Waals surface area contributed by atoms with Crippen LogP contribution in [0, 0.1) is 5.92 Å². The maximum absolute atomic E-state index is 11.4. The SMILES string of the molecule is COc1ccc(C(c2ccc3ccccc3c2)N2CCC(C(=O)O)CC2)cc1. The van der Waals surface area contributed by atoms with E-state index in [1.807, 2.05) is 12.1 Å². The Balaban J connectivity index is 1.70. The molecule has 0 bridgehead atoms. The van der Waals surface area contributed by atoms with Crippen molar-refractivity contribution in [3.05, 3.63) is 77.9 Å². The number of hydrogen-bond acceptors (Lipinski definition) is 3. The van der Waals surface area contributed by atoms with Gasteiger partial charge in [-0.05, 0) is 66.0 Å². The number of carboxylic acid groups (broad SMARTS) is 1. The van der Waals surface area contributed by atoms with Crippen LogP contribution in [0.5, 0.6) is 5.75 Å². The molecule has 1 heterocycles. The van der Waals surface area contributed by atoms with E-state index in [0.717, 1.165) is 18.8 Å². The molecule has 4 rings (SSSR count). The lowest BCUT2D eigenvalue weighted by molar-refractivity contribution is -0.143. The summed E-state index contributed by atoms with van der Waals surface area (Å²) in [6, 6.07) is 23.3. The first-order chi connectivity index (χ1) is 13.7. The summed E-state index contributed by atoms with van der Waals surface area (Å²) in [5.74, 6) is -0.0682. The minimum absolute atomic E-state index is 0.102. The summed E-state index contributed by atoms with van der Waals surface area (Å²) in [5.41, 5.74) is 2.43. The average molecular weight is 375 g/mol. The van der Waals surface area contributed by atoms with Crippen molar-refractivity contribution in [3.63, 3.8) is 0 Å². The molecule has 1 aliphatic rings. The largest absolute Gasteiger partial charge is 0.497 e. The second-order valence-corrected chi connectivity index (χ2v) is 7.43. The number of fused-ring (bicyclic) bond motifs is 1. The van der Waals surface area contributed by atoms with E-state index in [1.165, 1.54) is 21.9 Å². The van der Waals surface area contributed by atoms with Gasteiger partial charge < -0.3 is 9.84 Å². The Kier molecular flexibility index (Phi) is 5.31. The number of nitrogens with zero attached hydrogens (tertiary/aromatic N) is 1. The predicted molar refractivity (Wildman–Crippen MR) is 111 cm³/mol. The second-order valence-electron chi connectivity index (χ2n) is 7.43. The van der Waals surface area contributed by atoms with Crippen molar-refractivity contribution >= 4 is 16.7 Å². The number of piperidine rings is 1. The van der Waals surface area contributed by atoms with Crippen LogP contribution in [0.15, 0.2) is 66.7 Å². The fourth-order valence-electron chi connectivity index (χ4n) is 4.18. The molecule has 0 spiro atoms. The number of rotatable bonds is 5. The molecule has 1 unspecified atom stereocenters. The Bertz CT molecular complexity index is 959. The third-order valence-electron chi connectivity index (χ3n) is 5.76. The number of benzene rings is 3. The van der Waals surface area contributed by atoms with Crippen molar-refractivity contribution in [1.29, 1.82) is 0 Å². The van der Waals surface area contributed by atoms with Crippen molar-refractivity contribution in [2.45, 2.75) is 18.9 Å². The Labute approximate surface area is 165 Å². The Morgan fingerprint density at radius 2 is 1.61 bits per heavy atom. The molecule has 28 heavy (non-hydrogen) atoms. The summed E-state index contributed by atoms with van der Waals surface area (Å²) in [6.07, 6.45) is 1.38. The van der Waals surface area contributed by atoms with Gasteiger partial charge in [-0.3, -0.25) is 9.69 Å². The lowest BCUT2D eigenvalue weighted by atomic mass is 9.90. The van der Waals surface area contributed by atoms with Crippen LogP contribution in [-0.2, 0) is 4.79 Å². The molecular formula is C24H25NO3. The molecule has 4 heteroatoms. The van der Waals surface area contributed by atoms with E-state index >= 15 is 0 Å². The zero-order valence-electron chi connectivity index (χ0n) is 16.0. The van der Waals surface area contributed by atoms with E-state index in [9.17, 15) is 9.90 Å². The van der Waals surface area contributed by atoms with E-state index in [2.05, 4.69) is 59.5 Å². The van der Waals surface area contributed by atoms with Crippen molar-refractivity contribution in [3.8, 4) is 5.75 Å². The first kappa shape index (κ1) is 18.5. The normalized spacial score (nSPS) is 16.8. The Morgan fingerprint density at radius 3 is 2.25 bits per heavy atom. The lowest BCUT2D eigenvalue weighted by Gasteiger charge is -2.37. The third-order valence-corrected chi connectivity index (χ3v) is 5.76. The molecule has 1 atom stereocenters. The topological polar surface area (TPSA) is 49.8 Å². The first-order valence-electron chi connectivity index (χ1n) is 9.75. The van der Waals surface area contributed by atoms with Gasteiger partial charge in [0.15, 0.2) is 0 Å². The van der Waals surface area contributed by atoms with Crippen molar-refractivity contribution in [2.75, 3.05) is 20.2 Å². The highest BCUT2D eigenvalue weighted by molar-refractivity contribution is 5.83. The predicted octanol–water partition coefficient (Wildman–Crippen LogP) is 4.73. The van der Waals surface area contributed by atoms with Crippen LogP contribution in [-0.4, -0.2) is 36.2 Å². The molecular weight excluding hydrogens is 350 g/mol. The van der Waals surface area contributed by atoms with Crippen molar-refractivity contribution in [2.24, 2.45) is 5.92 Å². The summed E-state index contributed by atoms with van der Waals surface area (Å²) in [6.45, 7) is 1.56. The van der Waals surface area contributed by atoms with Gasteiger partial charge in [0.1, 0.15) is 5.75 Å². The van der Waals surface area contributed by atoms with E-state index in [4.69, 9.17) is 4.74 Å². The number of hydrogen-bond donors (Lipinski definition) is 1. The average Bonchev–Trinajstić information content (AvgIpc) is 2.75. The van der Waals surface area contributed by atoms with Crippen LogP contribution >= 0.6 is 0 Å². The minimum atomic E-state index is -0.675. The molecule has 144 valence electrons. The lowest BCUT2D eigenvalue weighted by Crippen LogP contribution is -2.39. The number of methoxy groups -OCH3 is 1. The van der Waals surface area contributed by atoms with Crippen LogP contribution in [0.1, 0.15) is 30.0 Å². The van der Waals surface area contributed by atoms with Crippen LogP contribution in [0.4, 0.5) is 0 Å². The van der Waals surface area contributed by atoms with Gasteiger partial charge in [-0.15, -0.1) is 0 Å². The summed E-state index contributed by atoms with van der Waals surface area (Å²) < 4.78 is 5.32. The van der Waals surface area contributed by atoms with E-state index in [0.29, 0.717) is 12.8 Å². The molecule has 0 amide bonds. The molecule has 1 N–H and O–H groups in total. The molecule has 0 saturated carbocycles. The maximum Gasteiger partial charge on any atom is 0.306 e. The van der Waals surface area contributed by atoms with Crippen LogP contribution in [0.3, 0.4) is 0 Å². The van der Waals surface area contributed by atoms with Gasteiger partial charge in [-0.2, -0.15) is 0 Å². The van der Waals surface area contributed by atoms with Gasteiger partial charge in [0.2, 0.25) is 0 Å². The van der Waals surface area contributed by atoms with Gasteiger partial charge in [-0.25, -0.2) is 0 Å². The molecule has 0 radical (unpaired) electrons. The summed E-state index contributed by atoms with van der Waals surface area (Å²) >= 11 is 0. The minimum Gasteiger partial charge on any atom is -0.497 e. The smallest absolute Gasteiger partial charge is 0.306 e. The van der Waals surface area contributed by atoms with Gasteiger partial charge in [-0.1, -0.05) is 48.5 Å². The van der Waals surface area contributed by atoms with Gasteiger partial charge in [0, 0.05) is 0 Å². The highest BCUT2D eigenvalue weighted by atomic mass is 16.5. The molecule has 1 fully saturated rings. The fourth-order valence-corrected chi connectivity index (χ4v) is 4.18. The number of carboxylic acids is 1. The molecule has 3 aromatic carbocycles. The number of aliphatic carboxylic acids is 1. The van der Waals surface area contributed by atoms with Crippen LogP contribution < -0.4 is 4.74 Å². The molecule has 0 aliphatic carbocycles. The molecule has 4 nitrogen and oxygen atoms in total. The zero-order chi connectivity index (χ0) is 19.5. The summed E-state index contributed by atoms with van der Waals surface area (Å²) in [7, 11) is 1.67. The molecule has 0 aromatic heterocycles. The highest BCUT2D eigenvalue weighted by Crippen LogP contribution is 2.34. The zero-order valence-corrected chi connectivity index (χ0v) is 16.0. The van der Waals surface area contributed by atoms with Gasteiger partial charge in [0.25, 0.3) is 0 Å². The second kappa shape index (κ2) is 8.03. The molecule has 1 saturated heterocycles. The van der Waals surface area contributed by atoms with Gasteiger partial charge in [0.05, 0.1) is 19.1 Å². The maximum atomic E-state index is 11.4. The van der Waals surface area contributed by atoms with E-state index in [1.54, 1.807) is 7.11 Å². The van der Waals surface area contributed by atoms with E-state index < -0.39 is 5.97 Å². The van der Waals surface area contributed by atoms with Crippen molar-refractivity contribution in [1.82, 2.24) is 4.90 Å². The van der Waals surface area contributed by atoms with E-state index in [-0.39, 0.29) is 12.0 Å².